The van der Waals surface area contributed by atoms with Crippen molar-refractivity contribution in [3.63, 3.8) is 0 Å². The normalized spacial score (nSPS) is 13.9. The largest absolute Gasteiger partial charge is 0.375 e. The SMILES string of the molecule is NC(=O)c1ccc(Cl)cc1NCC(=O)Nc1ccc(N2CCCCC2)cc1. The lowest BCUT2D eigenvalue weighted by atomic mass is 10.1. The molecule has 0 bridgehead atoms. The Morgan fingerprint density at radius 3 is 2.41 bits per heavy atom. The zero-order chi connectivity index (χ0) is 19.2. The van der Waals surface area contributed by atoms with Crippen LogP contribution in [-0.4, -0.2) is 31.4 Å². The summed E-state index contributed by atoms with van der Waals surface area (Å²) in [5.41, 5.74) is 7.97. The first-order valence-corrected chi connectivity index (χ1v) is 9.39. The number of carbonyl (C=O) groups is 2. The van der Waals surface area contributed by atoms with Gasteiger partial charge in [-0.25, -0.2) is 0 Å². The highest BCUT2D eigenvalue weighted by Crippen LogP contribution is 2.22. The van der Waals surface area contributed by atoms with Gasteiger partial charge in [-0.15, -0.1) is 0 Å². The fourth-order valence-electron chi connectivity index (χ4n) is 3.17. The maximum absolute atomic E-state index is 12.2. The molecule has 1 aliphatic rings. The van der Waals surface area contributed by atoms with E-state index in [1.807, 2.05) is 24.3 Å². The first-order valence-electron chi connectivity index (χ1n) is 9.01. The number of benzene rings is 2. The smallest absolute Gasteiger partial charge is 0.250 e. The maximum atomic E-state index is 12.2. The number of rotatable bonds is 6. The maximum Gasteiger partial charge on any atom is 0.250 e. The van der Waals surface area contributed by atoms with Crippen molar-refractivity contribution in [3.8, 4) is 0 Å². The van der Waals surface area contributed by atoms with Crippen molar-refractivity contribution in [2.24, 2.45) is 5.73 Å². The molecule has 0 saturated carbocycles. The molecule has 1 fully saturated rings. The van der Waals surface area contributed by atoms with E-state index in [1.165, 1.54) is 31.0 Å². The van der Waals surface area contributed by atoms with E-state index in [0.717, 1.165) is 18.8 Å². The van der Waals surface area contributed by atoms with E-state index in [-0.39, 0.29) is 18.0 Å². The molecule has 2 aromatic carbocycles. The Labute approximate surface area is 163 Å². The van der Waals surface area contributed by atoms with Crippen molar-refractivity contribution in [3.05, 3.63) is 53.1 Å². The number of hydrogen-bond acceptors (Lipinski definition) is 4. The lowest BCUT2D eigenvalue weighted by molar-refractivity contribution is -0.114. The molecule has 1 saturated heterocycles. The number of hydrogen-bond donors (Lipinski definition) is 3. The average molecular weight is 387 g/mol. The number of carbonyl (C=O) groups excluding carboxylic acids is 2. The number of nitrogens with zero attached hydrogens (tertiary/aromatic N) is 1. The van der Waals surface area contributed by atoms with Crippen LogP contribution in [0.25, 0.3) is 0 Å². The predicted molar refractivity (Wildman–Crippen MR) is 110 cm³/mol. The van der Waals surface area contributed by atoms with Crippen molar-refractivity contribution in [1.29, 1.82) is 0 Å². The molecule has 4 N–H and O–H groups in total. The van der Waals surface area contributed by atoms with Crippen LogP contribution in [0.5, 0.6) is 0 Å². The lowest BCUT2D eigenvalue weighted by Gasteiger charge is -2.28. The van der Waals surface area contributed by atoms with E-state index in [4.69, 9.17) is 17.3 Å². The summed E-state index contributed by atoms with van der Waals surface area (Å²) in [5, 5.41) is 6.20. The molecule has 142 valence electrons. The number of nitrogens with one attached hydrogen (secondary N) is 2. The Morgan fingerprint density at radius 1 is 1.04 bits per heavy atom. The third-order valence-electron chi connectivity index (χ3n) is 4.56. The van der Waals surface area contributed by atoms with Gasteiger partial charge in [-0.05, 0) is 61.7 Å². The van der Waals surface area contributed by atoms with E-state index in [1.54, 1.807) is 12.1 Å². The summed E-state index contributed by atoms with van der Waals surface area (Å²) in [6.07, 6.45) is 3.74. The Morgan fingerprint density at radius 2 is 1.74 bits per heavy atom. The molecule has 0 unspecified atom stereocenters. The summed E-state index contributed by atoms with van der Waals surface area (Å²) in [6, 6.07) is 12.5. The number of primary amides is 1. The molecule has 7 heteroatoms. The van der Waals surface area contributed by atoms with E-state index in [9.17, 15) is 9.59 Å². The lowest BCUT2D eigenvalue weighted by Crippen LogP contribution is -2.29. The van der Waals surface area contributed by atoms with Gasteiger partial charge in [0, 0.05) is 35.2 Å². The minimum Gasteiger partial charge on any atom is -0.375 e. The van der Waals surface area contributed by atoms with Crippen LogP contribution in [0.4, 0.5) is 17.1 Å². The van der Waals surface area contributed by atoms with Crippen LogP contribution in [0.15, 0.2) is 42.5 Å². The molecule has 1 heterocycles. The Kier molecular flexibility index (Phi) is 6.19. The second-order valence-corrected chi connectivity index (χ2v) is 6.99. The summed E-state index contributed by atoms with van der Waals surface area (Å²) in [5.74, 6) is -0.806. The van der Waals surface area contributed by atoms with Gasteiger partial charge in [0.2, 0.25) is 5.91 Å². The highest BCUT2D eigenvalue weighted by atomic mass is 35.5. The molecular formula is C20H23ClN4O2. The second-order valence-electron chi connectivity index (χ2n) is 6.55. The van der Waals surface area contributed by atoms with Crippen molar-refractivity contribution in [1.82, 2.24) is 0 Å². The zero-order valence-corrected chi connectivity index (χ0v) is 15.8. The predicted octanol–water partition coefficient (Wildman–Crippen LogP) is 3.48. The highest BCUT2D eigenvalue weighted by Gasteiger charge is 2.12. The molecular weight excluding hydrogens is 364 g/mol. The number of amides is 2. The van der Waals surface area contributed by atoms with Crippen LogP contribution in [0.1, 0.15) is 29.6 Å². The topological polar surface area (TPSA) is 87.5 Å². The van der Waals surface area contributed by atoms with Crippen LogP contribution in [0.3, 0.4) is 0 Å². The molecule has 0 aromatic heterocycles. The van der Waals surface area contributed by atoms with Gasteiger partial charge in [0.25, 0.3) is 5.91 Å². The van der Waals surface area contributed by atoms with Crippen LogP contribution < -0.4 is 21.3 Å². The van der Waals surface area contributed by atoms with E-state index in [2.05, 4.69) is 15.5 Å². The first kappa shape index (κ1) is 19.0. The summed E-state index contributed by atoms with van der Waals surface area (Å²) in [7, 11) is 0. The van der Waals surface area contributed by atoms with E-state index < -0.39 is 5.91 Å². The number of anilines is 3. The molecule has 0 atom stereocenters. The quantitative estimate of drug-likeness (QED) is 0.709. The van der Waals surface area contributed by atoms with Crippen molar-refractivity contribution in [2.45, 2.75) is 19.3 Å². The van der Waals surface area contributed by atoms with Gasteiger partial charge in [0.1, 0.15) is 0 Å². The molecule has 0 aliphatic carbocycles. The second kappa shape index (κ2) is 8.77. The third-order valence-corrected chi connectivity index (χ3v) is 4.79. The Bertz CT molecular complexity index is 817. The van der Waals surface area contributed by atoms with Crippen LogP contribution >= 0.6 is 11.6 Å². The fraction of sp³-hybridized carbons (Fsp3) is 0.300. The average Bonchev–Trinajstić information content (AvgIpc) is 2.67. The molecule has 3 rings (SSSR count). The number of piperidine rings is 1. The van der Waals surface area contributed by atoms with Gasteiger partial charge in [-0.1, -0.05) is 11.6 Å². The summed E-state index contributed by atoms with van der Waals surface area (Å²) < 4.78 is 0. The highest BCUT2D eigenvalue weighted by molar-refractivity contribution is 6.31. The minimum atomic E-state index is -0.581. The standard InChI is InChI=1S/C20H23ClN4O2/c21-14-4-9-17(20(22)27)18(12-14)23-13-19(26)24-15-5-7-16(8-6-15)25-10-2-1-3-11-25/h4-9,12,23H,1-3,10-11,13H2,(H2,22,27)(H,24,26). The molecule has 1 aliphatic heterocycles. The summed E-state index contributed by atoms with van der Waals surface area (Å²) in [4.78, 5) is 26.0. The fourth-order valence-corrected chi connectivity index (χ4v) is 3.34. The van der Waals surface area contributed by atoms with Crippen molar-refractivity contribution < 1.29 is 9.59 Å². The van der Waals surface area contributed by atoms with Crippen LogP contribution in [0, 0.1) is 0 Å². The summed E-state index contributed by atoms with van der Waals surface area (Å²) in [6.45, 7) is 2.16. The van der Waals surface area contributed by atoms with Gasteiger partial charge < -0.3 is 21.3 Å². The Hall–Kier alpha value is -2.73. The monoisotopic (exact) mass is 386 g/mol. The van der Waals surface area contributed by atoms with Crippen molar-refractivity contribution >= 4 is 40.5 Å². The van der Waals surface area contributed by atoms with Crippen LogP contribution in [-0.2, 0) is 4.79 Å². The van der Waals surface area contributed by atoms with Gasteiger partial charge in [0.15, 0.2) is 0 Å². The molecule has 2 amide bonds. The van der Waals surface area contributed by atoms with Gasteiger partial charge >= 0.3 is 0 Å². The van der Waals surface area contributed by atoms with Gasteiger partial charge in [-0.3, -0.25) is 9.59 Å². The third kappa shape index (κ3) is 5.14. The van der Waals surface area contributed by atoms with E-state index in [0.29, 0.717) is 10.7 Å². The molecule has 2 aromatic rings. The van der Waals surface area contributed by atoms with E-state index >= 15 is 0 Å². The van der Waals surface area contributed by atoms with Crippen molar-refractivity contribution in [2.75, 3.05) is 35.2 Å². The summed E-state index contributed by atoms with van der Waals surface area (Å²) >= 11 is 5.95. The first-order chi connectivity index (χ1) is 13.0. The number of nitrogens with two attached hydrogens (primary N) is 1. The molecule has 27 heavy (non-hydrogen) atoms. The molecule has 0 radical (unpaired) electrons. The van der Waals surface area contributed by atoms with Crippen LogP contribution in [0.2, 0.25) is 5.02 Å². The minimum absolute atomic E-state index is 0.00546. The number of halogens is 1. The Balaban J connectivity index is 1.56. The molecule has 0 spiro atoms. The van der Waals surface area contributed by atoms with Gasteiger partial charge in [-0.2, -0.15) is 0 Å². The zero-order valence-electron chi connectivity index (χ0n) is 15.0. The molecule has 6 nitrogen and oxygen atoms in total. The van der Waals surface area contributed by atoms with Gasteiger partial charge in [0.05, 0.1) is 12.1 Å².